The fourth-order valence-electron chi connectivity index (χ4n) is 1.99. The lowest BCUT2D eigenvalue weighted by Crippen LogP contribution is -2.17. The van der Waals surface area contributed by atoms with E-state index in [0.717, 1.165) is 9.13 Å². The summed E-state index contributed by atoms with van der Waals surface area (Å²) in [5, 5.41) is 2.56. The number of carbonyl (C=O) groups excluding carboxylic acids is 2. The van der Waals surface area contributed by atoms with Crippen LogP contribution in [0.4, 0.5) is 0 Å². The predicted molar refractivity (Wildman–Crippen MR) is 107 cm³/mol. The number of carbonyl (C=O) groups is 2. The van der Waals surface area contributed by atoms with Crippen molar-refractivity contribution < 1.29 is 14.3 Å². The van der Waals surface area contributed by atoms with Crippen LogP contribution in [-0.4, -0.2) is 16.2 Å². The first-order valence-electron chi connectivity index (χ1n) is 6.84. The molecular formula is C17H10INO3S2. The zero-order chi connectivity index (χ0) is 17.1. The first kappa shape index (κ1) is 17.1. The van der Waals surface area contributed by atoms with Crippen molar-refractivity contribution in [1.29, 1.82) is 0 Å². The van der Waals surface area contributed by atoms with Crippen LogP contribution in [-0.2, 0) is 4.79 Å². The molecule has 24 heavy (non-hydrogen) atoms. The summed E-state index contributed by atoms with van der Waals surface area (Å²) in [5.41, 5.74) is 1.33. The van der Waals surface area contributed by atoms with E-state index in [9.17, 15) is 9.59 Å². The molecule has 0 radical (unpaired) electrons. The van der Waals surface area contributed by atoms with Crippen molar-refractivity contribution in [3.63, 3.8) is 0 Å². The lowest BCUT2D eigenvalue weighted by molar-refractivity contribution is -0.115. The summed E-state index contributed by atoms with van der Waals surface area (Å²) < 4.78 is 6.77. The van der Waals surface area contributed by atoms with Gasteiger partial charge >= 0.3 is 5.97 Å². The van der Waals surface area contributed by atoms with Crippen LogP contribution in [0.1, 0.15) is 15.9 Å². The topological polar surface area (TPSA) is 55.4 Å². The second-order valence-electron chi connectivity index (χ2n) is 4.82. The average Bonchev–Trinajstić information content (AvgIpc) is 2.87. The highest BCUT2D eigenvalue weighted by Gasteiger charge is 2.21. The molecule has 2 aromatic carbocycles. The smallest absolute Gasteiger partial charge is 0.343 e. The Morgan fingerprint density at radius 2 is 1.96 bits per heavy atom. The molecule has 4 nitrogen and oxygen atoms in total. The molecule has 0 atom stereocenters. The van der Waals surface area contributed by atoms with E-state index >= 15 is 0 Å². The van der Waals surface area contributed by atoms with Gasteiger partial charge in [-0.1, -0.05) is 42.2 Å². The van der Waals surface area contributed by atoms with Gasteiger partial charge in [-0.25, -0.2) is 4.79 Å². The Morgan fingerprint density at radius 1 is 1.21 bits per heavy atom. The van der Waals surface area contributed by atoms with E-state index in [4.69, 9.17) is 17.0 Å². The van der Waals surface area contributed by atoms with Crippen molar-refractivity contribution >= 4 is 68.8 Å². The van der Waals surface area contributed by atoms with Gasteiger partial charge in [0.1, 0.15) is 10.1 Å². The molecule has 0 bridgehead atoms. The van der Waals surface area contributed by atoms with Gasteiger partial charge in [-0.15, -0.1) is 0 Å². The van der Waals surface area contributed by atoms with Crippen LogP contribution in [0.5, 0.6) is 5.75 Å². The van der Waals surface area contributed by atoms with Crippen molar-refractivity contribution in [2.75, 3.05) is 0 Å². The van der Waals surface area contributed by atoms with E-state index in [1.54, 1.807) is 42.5 Å². The third-order valence-corrected chi connectivity index (χ3v) is 4.92. The molecule has 1 aliphatic heterocycles. The molecule has 0 saturated carbocycles. The van der Waals surface area contributed by atoms with E-state index in [0.29, 0.717) is 20.5 Å². The first-order valence-corrected chi connectivity index (χ1v) is 9.14. The molecule has 1 aliphatic rings. The average molecular weight is 467 g/mol. The second kappa shape index (κ2) is 7.45. The lowest BCUT2D eigenvalue weighted by atomic mass is 10.2. The minimum Gasteiger partial charge on any atom is -0.423 e. The maximum Gasteiger partial charge on any atom is 0.343 e. The Bertz CT molecular complexity index is 862. The summed E-state index contributed by atoms with van der Waals surface area (Å²) in [6.07, 6.45) is 1.74. The first-order chi connectivity index (χ1) is 11.5. The molecule has 1 amide bonds. The highest BCUT2D eigenvalue weighted by atomic mass is 127. The predicted octanol–water partition coefficient (Wildman–Crippen LogP) is 4.00. The molecule has 2 aromatic rings. The van der Waals surface area contributed by atoms with Crippen LogP contribution in [0.3, 0.4) is 0 Å². The van der Waals surface area contributed by atoms with Crippen molar-refractivity contribution in [3.8, 4) is 5.75 Å². The molecule has 120 valence electrons. The Labute approximate surface area is 161 Å². The lowest BCUT2D eigenvalue weighted by Gasteiger charge is -2.05. The molecule has 0 spiro atoms. The Morgan fingerprint density at radius 3 is 2.58 bits per heavy atom. The number of thioether (sulfide) groups is 1. The molecule has 1 fully saturated rings. The molecule has 0 aromatic heterocycles. The number of hydrogen-bond acceptors (Lipinski definition) is 5. The monoisotopic (exact) mass is 467 g/mol. The van der Waals surface area contributed by atoms with Gasteiger partial charge < -0.3 is 10.1 Å². The normalized spacial score (nSPS) is 15.5. The maximum atomic E-state index is 12.1. The molecular weight excluding hydrogens is 457 g/mol. The van der Waals surface area contributed by atoms with E-state index in [1.165, 1.54) is 11.8 Å². The third-order valence-electron chi connectivity index (χ3n) is 3.09. The van der Waals surface area contributed by atoms with E-state index < -0.39 is 5.97 Å². The number of nitrogens with one attached hydrogen (secondary N) is 1. The molecule has 7 heteroatoms. The zero-order valence-electron chi connectivity index (χ0n) is 12.1. The third kappa shape index (κ3) is 4.22. The zero-order valence-corrected chi connectivity index (χ0v) is 15.9. The summed E-state index contributed by atoms with van der Waals surface area (Å²) in [6, 6.07) is 14.1. The number of halogens is 1. The summed E-state index contributed by atoms with van der Waals surface area (Å²) in [5.74, 6) is -0.157. The standard InChI is InChI=1S/C17H10INO3S2/c18-12-3-1-2-11(9-12)16(21)22-13-6-4-10(5-7-13)8-14-15(20)19-17(23)24-14/h1-9H,(H,19,20,23). The SMILES string of the molecule is O=C1NC(=S)SC1=Cc1ccc(OC(=O)c2cccc(I)c2)cc1. The highest BCUT2D eigenvalue weighted by molar-refractivity contribution is 14.1. The van der Waals surface area contributed by atoms with Gasteiger partial charge in [0.15, 0.2) is 0 Å². The van der Waals surface area contributed by atoms with Gasteiger partial charge in [-0.2, -0.15) is 0 Å². The Kier molecular flexibility index (Phi) is 5.32. The maximum absolute atomic E-state index is 12.1. The number of thiocarbonyl (C=S) groups is 1. The van der Waals surface area contributed by atoms with Gasteiger partial charge in [0, 0.05) is 3.57 Å². The number of amides is 1. The largest absolute Gasteiger partial charge is 0.423 e. The fraction of sp³-hybridized carbons (Fsp3) is 0. The van der Waals surface area contributed by atoms with Crippen molar-refractivity contribution in [3.05, 3.63) is 68.1 Å². The van der Waals surface area contributed by atoms with Crippen LogP contribution in [0.2, 0.25) is 0 Å². The van der Waals surface area contributed by atoms with Crippen LogP contribution in [0, 0.1) is 3.57 Å². The molecule has 0 aliphatic carbocycles. The summed E-state index contributed by atoms with van der Waals surface area (Å²) in [4.78, 5) is 24.3. The van der Waals surface area contributed by atoms with E-state index in [-0.39, 0.29) is 5.91 Å². The summed E-state index contributed by atoms with van der Waals surface area (Å²) in [7, 11) is 0. The van der Waals surface area contributed by atoms with Crippen molar-refractivity contribution in [2.24, 2.45) is 0 Å². The van der Waals surface area contributed by atoms with Gasteiger partial charge in [0.2, 0.25) is 0 Å². The van der Waals surface area contributed by atoms with Crippen LogP contribution < -0.4 is 10.1 Å². The van der Waals surface area contributed by atoms with Gasteiger partial charge in [0.05, 0.1) is 10.5 Å². The molecule has 1 N–H and O–H groups in total. The fourth-order valence-corrected chi connectivity index (χ4v) is 3.57. The quantitative estimate of drug-likeness (QED) is 0.243. The molecule has 1 saturated heterocycles. The second-order valence-corrected chi connectivity index (χ2v) is 7.79. The van der Waals surface area contributed by atoms with Crippen molar-refractivity contribution in [2.45, 2.75) is 0 Å². The van der Waals surface area contributed by atoms with Crippen LogP contribution >= 0.6 is 46.6 Å². The van der Waals surface area contributed by atoms with Crippen LogP contribution in [0.25, 0.3) is 6.08 Å². The van der Waals surface area contributed by atoms with E-state index in [2.05, 4.69) is 27.9 Å². The number of benzene rings is 2. The summed E-state index contributed by atoms with van der Waals surface area (Å²) >= 11 is 8.32. The van der Waals surface area contributed by atoms with Crippen LogP contribution in [0.15, 0.2) is 53.4 Å². The highest BCUT2D eigenvalue weighted by Crippen LogP contribution is 2.26. The van der Waals surface area contributed by atoms with Crippen molar-refractivity contribution in [1.82, 2.24) is 5.32 Å². The summed E-state index contributed by atoms with van der Waals surface area (Å²) in [6.45, 7) is 0. The van der Waals surface area contributed by atoms with Gasteiger partial charge in [-0.05, 0) is 64.6 Å². The minimum absolute atomic E-state index is 0.195. The molecule has 0 unspecified atom stereocenters. The van der Waals surface area contributed by atoms with Gasteiger partial charge in [-0.3, -0.25) is 4.79 Å². The number of rotatable bonds is 3. The minimum atomic E-state index is -0.407. The molecule has 1 heterocycles. The number of esters is 1. The Balaban J connectivity index is 1.71. The van der Waals surface area contributed by atoms with E-state index in [1.807, 2.05) is 12.1 Å². The number of ether oxygens (including phenoxy) is 1. The van der Waals surface area contributed by atoms with Gasteiger partial charge in [0.25, 0.3) is 5.91 Å². The number of hydrogen-bond donors (Lipinski definition) is 1. The Hall–Kier alpha value is -1.71. The molecule has 3 rings (SSSR count).